The number of benzene rings is 1. The summed E-state index contributed by atoms with van der Waals surface area (Å²) < 4.78 is 0.781. The normalized spacial score (nSPS) is 10.2. The fraction of sp³-hybridized carbons (Fsp3) is 0.0833. The van der Waals surface area contributed by atoms with E-state index in [1.807, 2.05) is 16.8 Å². The average Bonchev–Trinajstić information content (AvgIpc) is 2.75. The molecule has 0 bridgehead atoms. The zero-order valence-corrected chi connectivity index (χ0v) is 11.9. The predicted octanol–water partition coefficient (Wildman–Crippen LogP) is 4.35. The fourth-order valence-corrected chi connectivity index (χ4v) is 2.81. The van der Waals surface area contributed by atoms with Gasteiger partial charge in [-0.1, -0.05) is 11.6 Å². The highest BCUT2D eigenvalue weighted by Crippen LogP contribution is 2.26. The number of carbonyl (C=O) groups is 1. The van der Waals surface area contributed by atoms with Crippen molar-refractivity contribution in [2.45, 2.75) is 6.42 Å². The van der Waals surface area contributed by atoms with E-state index in [9.17, 15) is 4.79 Å². The molecule has 0 saturated heterocycles. The summed E-state index contributed by atoms with van der Waals surface area (Å²) in [5.74, 6) is -0.0357. The Labute approximate surface area is 117 Å². The van der Waals surface area contributed by atoms with E-state index in [0.717, 1.165) is 15.7 Å². The van der Waals surface area contributed by atoms with Crippen LogP contribution in [0, 0.1) is 0 Å². The van der Waals surface area contributed by atoms with Crippen LogP contribution in [0.25, 0.3) is 0 Å². The molecule has 2 nitrogen and oxygen atoms in total. The molecule has 1 amide bonds. The molecule has 0 spiro atoms. The molecule has 1 N–H and O–H groups in total. The van der Waals surface area contributed by atoms with Crippen molar-refractivity contribution in [1.29, 1.82) is 0 Å². The Morgan fingerprint density at radius 2 is 2.24 bits per heavy atom. The molecule has 0 aliphatic heterocycles. The van der Waals surface area contributed by atoms with Crippen molar-refractivity contribution in [2.24, 2.45) is 0 Å². The molecule has 2 aromatic rings. The Bertz CT molecular complexity index is 527. The van der Waals surface area contributed by atoms with Crippen LogP contribution in [0.3, 0.4) is 0 Å². The van der Waals surface area contributed by atoms with Crippen LogP contribution >= 0.6 is 38.9 Å². The third-order valence-corrected chi connectivity index (χ3v) is 3.77. The lowest BCUT2D eigenvalue weighted by Gasteiger charge is -2.07. The first-order valence-corrected chi connectivity index (χ1v) is 7.02. The van der Waals surface area contributed by atoms with Gasteiger partial charge in [0.15, 0.2) is 0 Å². The van der Waals surface area contributed by atoms with Gasteiger partial charge < -0.3 is 5.32 Å². The molecule has 5 heteroatoms. The van der Waals surface area contributed by atoms with Gasteiger partial charge in [0.25, 0.3) is 0 Å². The molecule has 17 heavy (non-hydrogen) atoms. The Kier molecular flexibility index (Phi) is 4.20. The Morgan fingerprint density at radius 1 is 1.41 bits per heavy atom. The second kappa shape index (κ2) is 5.67. The van der Waals surface area contributed by atoms with E-state index in [1.165, 1.54) is 0 Å². The number of hydrogen-bond acceptors (Lipinski definition) is 2. The number of thiophene rings is 1. The number of anilines is 1. The van der Waals surface area contributed by atoms with Gasteiger partial charge in [-0.25, -0.2) is 0 Å². The minimum atomic E-state index is -0.0357. The summed E-state index contributed by atoms with van der Waals surface area (Å²) in [6.45, 7) is 0. The molecule has 0 saturated carbocycles. The summed E-state index contributed by atoms with van der Waals surface area (Å²) in [6.07, 6.45) is 0.387. The Balaban J connectivity index is 2.03. The lowest BCUT2D eigenvalue weighted by Crippen LogP contribution is -2.14. The van der Waals surface area contributed by atoms with Crippen molar-refractivity contribution in [3.8, 4) is 0 Å². The SMILES string of the molecule is O=C(Cc1ccsc1)Nc1ccc(Cl)cc1Br. The van der Waals surface area contributed by atoms with Gasteiger partial charge in [-0.05, 0) is 56.5 Å². The van der Waals surface area contributed by atoms with Crippen LogP contribution in [-0.4, -0.2) is 5.91 Å². The summed E-state index contributed by atoms with van der Waals surface area (Å²) in [5, 5.41) is 7.40. The monoisotopic (exact) mass is 329 g/mol. The summed E-state index contributed by atoms with van der Waals surface area (Å²) >= 11 is 10.8. The molecule has 88 valence electrons. The topological polar surface area (TPSA) is 29.1 Å². The van der Waals surface area contributed by atoms with E-state index in [-0.39, 0.29) is 5.91 Å². The first-order valence-electron chi connectivity index (χ1n) is 4.91. The Morgan fingerprint density at radius 3 is 2.88 bits per heavy atom. The summed E-state index contributed by atoms with van der Waals surface area (Å²) in [5.41, 5.74) is 1.76. The fourth-order valence-electron chi connectivity index (χ4n) is 1.36. The molecular weight excluding hydrogens is 322 g/mol. The highest BCUT2D eigenvalue weighted by molar-refractivity contribution is 9.10. The van der Waals surface area contributed by atoms with E-state index >= 15 is 0 Å². The van der Waals surface area contributed by atoms with Crippen molar-refractivity contribution >= 4 is 50.5 Å². The number of amides is 1. The van der Waals surface area contributed by atoms with Gasteiger partial charge in [0.05, 0.1) is 12.1 Å². The zero-order valence-electron chi connectivity index (χ0n) is 8.74. The highest BCUT2D eigenvalue weighted by Gasteiger charge is 2.07. The second-order valence-electron chi connectivity index (χ2n) is 3.48. The number of rotatable bonds is 3. The van der Waals surface area contributed by atoms with Crippen LogP contribution in [0.15, 0.2) is 39.5 Å². The first-order chi connectivity index (χ1) is 8.15. The van der Waals surface area contributed by atoms with Gasteiger partial charge in [-0.3, -0.25) is 4.79 Å². The molecule has 1 heterocycles. The molecule has 2 rings (SSSR count). The second-order valence-corrected chi connectivity index (χ2v) is 5.55. The zero-order chi connectivity index (χ0) is 12.3. The van der Waals surface area contributed by atoms with Gasteiger partial charge in [-0.2, -0.15) is 11.3 Å². The van der Waals surface area contributed by atoms with Crippen LogP contribution < -0.4 is 5.32 Å². The average molecular weight is 331 g/mol. The van der Waals surface area contributed by atoms with Crippen molar-refractivity contribution in [3.63, 3.8) is 0 Å². The molecule has 1 aromatic carbocycles. The van der Waals surface area contributed by atoms with Crippen LogP contribution in [0.5, 0.6) is 0 Å². The minimum Gasteiger partial charge on any atom is -0.325 e. The molecule has 0 aliphatic rings. The number of halogens is 2. The minimum absolute atomic E-state index is 0.0357. The maximum atomic E-state index is 11.8. The highest BCUT2D eigenvalue weighted by atomic mass is 79.9. The van der Waals surface area contributed by atoms with E-state index in [4.69, 9.17) is 11.6 Å². The third-order valence-electron chi connectivity index (χ3n) is 2.15. The molecule has 0 aliphatic carbocycles. The predicted molar refractivity (Wildman–Crippen MR) is 75.8 cm³/mol. The van der Waals surface area contributed by atoms with Crippen molar-refractivity contribution in [3.05, 3.63) is 50.1 Å². The molecule has 0 unspecified atom stereocenters. The Hall–Kier alpha value is -0.840. The number of nitrogens with one attached hydrogen (secondary N) is 1. The van der Waals surface area contributed by atoms with Gasteiger partial charge in [0.1, 0.15) is 0 Å². The van der Waals surface area contributed by atoms with Crippen molar-refractivity contribution in [2.75, 3.05) is 5.32 Å². The smallest absolute Gasteiger partial charge is 0.228 e. The summed E-state index contributed by atoms with van der Waals surface area (Å²) in [4.78, 5) is 11.8. The third kappa shape index (κ3) is 3.56. The van der Waals surface area contributed by atoms with Crippen molar-refractivity contribution in [1.82, 2.24) is 0 Å². The summed E-state index contributed by atoms with van der Waals surface area (Å²) in [6, 6.07) is 7.22. The van der Waals surface area contributed by atoms with Crippen LogP contribution in [0.4, 0.5) is 5.69 Å². The first kappa shape index (κ1) is 12.6. The molecule has 0 fully saturated rings. The molecular formula is C12H9BrClNOS. The van der Waals surface area contributed by atoms with E-state index < -0.39 is 0 Å². The van der Waals surface area contributed by atoms with Crippen LogP contribution in [0.1, 0.15) is 5.56 Å². The van der Waals surface area contributed by atoms with Crippen LogP contribution in [0.2, 0.25) is 5.02 Å². The molecule has 0 radical (unpaired) electrons. The maximum absolute atomic E-state index is 11.8. The van der Waals surface area contributed by atoms with Gasteiger partial charge in [0.2, 0.25) is 5.91 Å². The van der Waals surface area contributed by atoms with E-state index in [2.05, 4.69) is 21.2 Å². The lowest BCUT2D eigenvalue weighted by molar-refractivity contribution is -0.115. The lowest BCUT2D eigenvalue weighted by atomic mass is 10.2. The quantitative estimate of drug-likeness (QED) is 0.891. The van der Waals surface area contributed by atoms with E-state index in [1.54, 1.807) is 29.5 Å². The van der Waals surface area contributed by atoms with E-state index in [0.29, 0.717) is 11.4 Å². The van der Waals surface area contributed by atoms with Gasteiger partial charge in [-0.15, -0.1) is 0 Å². The molecule has 1 aromatic heterocycles. The van der Waals surface area contributed by atoms with Crippen molar-refractivity contribution < 1.29 is 4.79 Å². The van der Waals surface area contributed by atoms with Gasteiger partial charge in [0, 0.05) is 9.50 Å². The standard InChI is InChI=1S/C12H9BrClNOS/c13-10-6-9(14)1-2-11(10)15-12(16)5-8-3-4-17-7-8/h1-4,6-7H,5H2,(H,15,16). The molecule has 0 atom stereocenters. The van der Waals surface area contributed by atoms with Crippen LogP contribution in [-0.2, 0) is 11.2 Å². The number of hydrogen-bond donors (Lipinski definition) is 1. The van der Waals surface area contributed by atoms with Gasteiger partial charge >= 0.3 is 0 Å². The number of carbonyl (C=O) groups excluding carboxylic acids is 1. The maximum Gasteiger partial charge on any atom is 0.228 e. The summed E-state index contributed by atoms with van der Waals surface area (Å²) in [7, 11) is 0. The largest absolute Gasteiger partial charge is 0.325 e.